The van der Waals surface area contributed by atoms with Gasteiger partial charge in [0.1, 0.15) is 11.3 Å². The van der Waals surface area contributed by atoms with E-state index >= 15 is 0 Å². The Kier molecular flexibility index (Phi) is 2.80. The van der Waals surface area contributed by atoms with Crippen LogP contribution >= 0.6 is 11.6 Å². The highest BCUT2D eigenvalue weighted by atomic mass is 35.5. The Hall–Kier alpha value is -1.10. The Morgan fingerprint density at radius 2 is 1.93 bits per heavy atom. The Morgan fingerprint density at radius 3 is 2.36 bits per heavy atom. The third-order valence-electron chi connectivity index (χ3n) is 1.66. The van der Waals surface area contributed by atoms with Crippen LogP contribution in [0.4, 0.5) is 18.9 Å². The molecule has 0 unspecified atom stereocenters. The average Bonchev–Trinajstić information content (AvgIpc) is 2.02. The molecule has 0 heterocycles. The summed E-state index contributed by atoms with van der Waals surface area (Å²) in [5, 5.41) is -0.434. The number of methoxy groups -OCH3 is 1. The maximum absolute atomic E-state index is 12.4. The molecule has 78 valence electrons. The first-order valence-electron chi connectivity index (χ1n) is 3.57. The fraction of sp³-hybridized carbons (Fsp3) is 0.250. The lowest BCUT2D eigenvalue weighted by molar-refractivity contribution is -0.136. The quantitative estimate of drug-likeness (QED) is 0.746. The van der Waals surface area contributed by atoms with Gasteiger partial charge in [-0.2, -0.15) is 13.2 Å². The molecule has 1 rings (SSSR count). The molecule has 0 aromatic heterocycles. The van der Waals surface area contributed by atoms with E-state index in [9.17, 15) is 13.2 Å². The molecule has 0 aliphatic heterocycles. The van der Waals surface area contributed by atoms with Gasteiger partial charge in [0.25, 0.3) is 0 Å². The van der Waals surface area contributed by atoms with Crippen LogP contribution < -0.4 is 10.5 Å². The first kappa shape index (κ1) is 11.0. The van der Waals surface area contributed by atoms with Gasteiger partial charge in [-0.1, -0.05) is 11.6 Å². The van der Waals surface area contributed by atoms with Crippen molar-refractivity contribution in [3.05, 3.63) is 22.7 Å². The molecular formula is C8H7ClF3NO. The van der Waals surface area contributed by atoms with Crippen LogP contribution in [0.5, 0.6) is 5.75 Å². The van der Waals surface area contributed by atoms with Crippen LogP contribution in [0, 0.1) is 0 Å². The van der Waals surface area contributed by atoms with Crippen molar-refractivity contribution in [2.24, 2.45) is 0 Å². The smallest absolute Gasteiger partial charge is 0.419 e. The molecule has 0 fully saturated rings. The predicted molar refractivity (Wildman–Crippen MR) is 47.4 cm³/mol. The van der Waals surface area contributed by atoms with Crippen molar-refractivity contribution < 1.29 is 17.9 Å². The number of nitrogen functional groups attached to an aromatic ring is 1. The highest BCUT2D eigenvalue weighted by molar-refractivity contribution is 6.31. The molecule has 14 heavy (non-hydrogen) atoms. The van der Waals surface area contributed by atoms with Crippen LogP contribution in [0.15, 0.2) is 12.1 Å². The molecule has 0 saturated heterocycles. The standard InChI is InChI=1S/C8H7ClF3NO/c1-14-5-3-2-4(9)6(7(5)13)8(10,11)12/h2-3H,13H2,1H3. The summed E-state index contributed by atoms with van der Waals surface area (Å²) < 4.78 is 41.9. The minimum absolute atomic E-state index is 0.0401. The van der Waals surface area contributed by atoms with E-state index < -0.39 is 22.4 Å². The van der Waals surface area contributed by atoms with E-state index in [0.717, 1.165) is 6.07 Å². The summed E-state index contributed by atoms with van der Waals surface area (Å²) in [5.74, 6) is -0.0401. The number of rotatable bonds is 1. The van der Waals surface area contributed by atoms with Gasteiger partial charge in [-0.25, -0.2) is 0 Å². The second-order valence-corrected chi connectivity index (χ2v) is 2.94. The highest BCUT2D eigenvalue weighted by Gasteiger charge is 2.36. The van der Waals surface area contributed by atoms with Crippen LogP contribution in [0.3, 0.4) is 0 Å². The van der Waals surface area contributed by atoms with Crippen molar-refractivity contribution >= 4 is 17.3 Å². The number of hydrogen-bond donors (Lipinski definition) is 1. The highest BCUT2D eigenvalue weighted by Crippen LogP contribution is 2.42. The molecule has 0 aliphatic carbocycles. The van der Waals surface area contributed by atoms with Gasteiger partial charge < -0.3 is 10.5 Å². The summed E-state index contributed by atoms with van der Waals surface area (Å²) in [6.45, 7) is 0. The zero-order chi connectivity index (χ0) is 10.9. The van der Waals surface area contributed by atoms with E-state index in [1.807, 2.05) is 0 Å². The maximum Gasteiger partial charge on any atom is 0.419 e. The van der Waals surface area contributed by atoms with Gasteiger partial charge >= 0.3 is 6.18 Å². The largest absolute Gasteiger partial charge is 0.495 e. The van der Waals surface area contributed by atoms with Crippen LogP contribution in [0.1, 0.15) is 5.56 Å². The number of ether oxygens (including phenoxy) is 1. The number of halogens is 4. The molecule has 1 aromatic carbocycles. The van der Waals surface area contributed by atoms with Crippen molar-refractivity contribution in [3.8, 4) is 5.75 Å². The Morgan fingerprint density at radius 1 is 1.36 bits per heavy atom. The summed E-state index contributed by atoms with van der Waals surface area (Å²) in [5.41, 5.74) is 3.70. The summed E-state index contributed by atoms with van der Waals surface area (Å²) >= 11 is 5.39. The number of alkyl halides is 3. The topological polar surface area (TPSA) is 35.2 Å². The van der Waals surface area contributed by atoms with Crippen LogP contribution in [0.25, 0.3) is 0 Å². The van der Waals surface area contributed by atoms with Gasteiger partial charge in [0, 0.05) is 0 Å². The second kappa shape index (κ2) is 3.57. The van der Waals surface area contributed by atoms with Crippen LogP contribution in [-0.2, 0) is 6.18 Å². The fourth-order valence-electron chi connectivity index (χ4n) is 1.04. The van der Waals surface area contributed by atoms with Gasteiger partial charge in [-0.15, -0.1) is 0 Å². The third-order valence-corrected chi connectivity index (χ3v) is 1.97. The van der Waals surface area contributed by atoms with Gasteiger partial charge in [0.05, 0.1) is 17.8 Å². The van der Waals surface area contributed by atoms with Gasteiger partial charge in [0.15, 0.2) is 0 Å². The van der Waals surface area contributed by atoms with Crippen molar-refractivity contribution in [3.63, 3.8) is 0 Å². The molecule has 6 heteroatoms. The van der Waals surface area contributed by atoms with Gasteiger partial charge in [0.2, 0.25) is 0 Å². The van der Waals surface area contributed by atoms with E-state index in [4.69, 9.17) is 17.3 Å². The summed E-state index contributed by atoms with van der Waals surface area (Å²) in [6, 6.07) is 2.38. The minimum Gasteiger partial charge on any atom is -0.495 e. The van der Waals surface area contributed by atoms with Crippen LogP contribution in [-0.4, -0.2) is 7.11 Å². The number of hydrogen-bond acceptors (Lipinski definition) is 2. The molecule has 0 bridgehead atoms. The lowest BCUT2D eigenvalue weighted by atomic mass is 10.1. The molecule has 0 saturated carbocycles. The lowest BCUT2D eigenvalue weighted by Crippen LogP contribution is -2.10. The van der Waals surface area contributed by atoms with Gasteiger partial charge in [-0.05, 0) is 12.1 Å². The first-order valence-corrected chi connectivity index (χ1v) is 3.95. The van der Waals surface area contributed by atoms with Crippen molar-refractivity contribution in [1.82, 2.24) is 0 Å². The number of benzene rings is 1. The minimum atomic E-state index is -4.57. The monoisotopic (exact) mass is 225 g/mol. The fourth-order valence-corrected chi connectivity index (χ4v) is 1.31. The van der Waals surface area contributed by atoms with E-state index in [2.05, 4.69) is 4.74 Å². The van der Waals surface area contributed by atoms with E-state index in [-0.39, 0.29) is 5.75 Å². The van der Waals surface area contributed by atoms with E-state index in [1.54, 1.807) is 0 Å². The molecule has 2 N–H and O–H groups in total. The average molecular weight is 226 g/mol. The zero-order valence-corrected chi connectivity index (χ0v) is 7.91. The number of anilines is 1. The van der Waals surface area contributed by atoms with E-state index in [1.165, 1.54) is 13.2 Å². The van der Waals surface area contributed by atoms with E-state index in [0.29, 0.717) is 0 Å². The summed E-state index contributed by atoms with van der Waals surface area (Å²) in [6.07, 6.45) is -4.57. The first-order chi connectivity index (χ1) is 6.38. The number of nitrogens with two attached hydrogens (primary N) is 1. The third kappa shape index (κ3) is 1.87. The molecule has 0 aliphatic rings. The predicted octanol–water partition coefficient (Wildman–Crippen LogP) is 2.95. The molecule has 0 radical (unpaired) electrons. The normalized spacial score (nSPS) is 11.5. The molecule has 0 atom stereocenters. The molecular weight excluding hydrogens is 219 g/mol. The lowest BCUT2D eigenvalue weighted by Gasteiger charge is -2.14. The van der Waals surface area contributed by atoms with Crippen molar-refractivity contribution in [2.75, 3.05) is 12.8 Å². The SMILES string of the molecule is COc1ccc(Cl)c(C(F)(F)F)c1N. The molecule has 1 aromatic rings. The van der Waals surface area contributed by atoms with Gasteiger partial charge in [-0.3, -0.25) is 0 Å². The van der Waals surface area contributed by atoms with Crippen molar-refractivity contribution in [2.45, 2.75) is 6.18 Å². The Bertz CT molecular complexity index is 351. The molecule has 2 nitrogen and oxygen atoms in total. The Balaban J connectivity index is 3.40. The van der Waals surface area contributed by atoms with Crippen molar-refractivity contribution in [1.29, 1.82) is 0 Å². The molecule has 0 spiro atoms. The second-order valence-electron chi connectivity index (χ2n) is 2.54. The zero-order valence-electron chi connectivity index (χ0n) is 7.15. The maximum atomic E-state index is 12.4. The van der Waals surface area contributed by atoms with Crippen LogP contribution in [0.2, 0.25) is 5.02 Å². The molecule has 0 amide bonds. The summed E-state index contributed by atoms with van der Waals surface area (Å²) in [4.78, 5) is 0. The Labute approximate surface area is 83.4 Å². The summed E-state index contributed by atoms with van der Waals surface area (Å²) in [7, 11) is 1.24.